The van der Waals surface area contributed by atoms with Crippen LogP contribution in [0.3, 0.4) is 0 Å². The van der Waals surface area contributed by atoms with Gasteiger partial charge in [-0.3, -0.25) is 4.79 Å². The first-order valence-electron chi connectivity index (χ1n) is 10.5. The van der Waals surface area contributed by atoms with Crippen molar-refractivity contribution in [1.82, 2.24) is 9.47 Å². The number of hydrogen-bond acceptors (Lipinski definition) is 2. The molecule has 0 bridgehead atoms. The van der Waals surface area contributed by atoms with Crippen molar-refractivity contribution in [2.75, 3.05) is 0 Å². The highest BCUT2D eigenvalue weighted by atomic mass is 32.1. The summed E-state index contributed by atoms with van der Waals surface area (Å²) >= 11 is 1.55. The molecule has 0 aliphatic heterocycles. The van der Waals surface area contributed by atoms with Crippen molar-refractivity contribution in [1.29, 1.82) is 0 Å². The molecular weight excluding hydrogens is 445 g/mol. The Labute approximate surface area is 194 Å². The summed E-state index contributed by atoms with van der Waals surface area (Å²) in [5.41, 5.74) is 1.78. The molecule has 7 heteroatoms. The minimum Gasteiger partial charge on any atom is -0.345 e. The van der Waals surface area contributed by atoms with Gasteiger partial charge in [0.25, 0.3) is 0 Å². The molecule has 2 aromatic heterocycles. The second kappa shape index (κ2) is 10.1. The third-order valence-electron chi connectivity index (χ3n) is 5.36. The summed E-state index contributed by atoms with van der Waals surface area (Å²) in [4.78, 5) is 16.0. The minimum absolute atomic E-state index is 0.00752. The standard InChI is InChI=1S/C26H23F3N2OS/c27-26(28,29)22-10-4-9-21(15-22)18-30-13-5-11-23(30)19-31(17-20-7-2-1-3-8-20)25(32)16-24-12-6-14-33-24/h1-15H,16-19H2. The van der Waals surface area contributed by atoms with E-state index in [1.54, 1.807) is 22.3 Å². The van der Waals surface area contributed by atoms with E-state index in [1.165, 1.54) is 12.1 Å². The van der Waals surface area contributed by atoms with Crippen molar-refractivity contribution >= 4 is 17.2 Å². The maximum atomic E-state index is 13.2. The Bertz CT molecular complexity index is 1180. The molecular formula is C26H23F3N2OS. The minimum atomic E-state index is -4.38. The average molecular weight is 469 g/mol. The molecule has 0 saturated carbocycles. The Balaban J connectivity index is 1.54. The molecule has 0 saturated heterocycles. The quantitative estimate of drug-likeness (QED) is 0.294. The number of aromatic nitrogens is 1. The molecule has 2 aromatic carbocycles. The smallest absolute Gasteiger partial charge is 0.345 e. The van der Waals surface area contributed by atoms with Crippen molar-refractivity contribution in [2.45, 2.75) is 32.2 Å². The van der Waals surface area contributed by atoms with E-state index in [-0.39, 0.29) is 5.91 Å². The molecule has 0 atom stereocenters. The van der Waals surface area contributed by atoms with E-state index < -0.39 is 11.7 Å². The van der Waals surface area contributed by atoms with Gasteiger partial charge in [-0.1, -0.05) is 48.5 Å². The van der Waals surface area contributed by atoms with Crippen LogP contribution in [0.5, 0.6) is 0 Å². The van der Waals surface area contributed by atoms with Crippen molar-refractivity contribution in [3.63, 3.8) is 0 Å². The van der Waals surface area contributed by atoms with Crippen LogP contribution in [0.25, 0.3) is 0 Å². The molecule has 0 radical (unpaired) electrons. The third kappa shape index (κ3) is 6.14. The number of halogens is 3. The molecule has 2 heterocycles. The molecule has 1 amide bonds. The van der Waals surface area contributed by atoms with Crippen molar-refractivity contribution in [2.24, 2.45) is 0 Å². The predicted octanol–water partition coefficient (Wildman–Crippen LogP) is 6.39. The van der Waals surface area contributed by atoms with Gasteiger partial charge in [0, 0.05) is 29.9 Å². The Morgan fingerprint density at radius 1 is 0.879 bits per heavy atom. The number of carbonyl (C=O) groups excluding carboxylic acids is 1. The molecule has 170 valence electrons. The zero-order valence-electron chi connectivity index (χ0n) is 17.8. The number of alkyl halides is 3. The number of rotatable bonds is 8. The number of hydrogen-bond donors (Lipinski definition) is 0. The van der Waals surface area contributed by atoms with Gasteiger partial charge in [0.15, 0.2) is 0 Å². The zero-order chi connectivity index (χ0) is 23.3. The van der Waals surface area contributed by atoms with E-state index in [9.17, 15) is 18.0 Å². The van der Waals surface area contributed by atoms with Crippen LogP contribution in [0.1, 0.15) is 27.3 Å². The summed E-state index contributed by atoms with van der Waals surface area (Å²) in [5.74, 6) is 0.00752. The van der Waals surface area contributed by atoms with Gasteiger partial charge < -0.3 is 9.47 Å². The summed E-state index contributed by atoms with van der Waals surface area (Å²) in [5, 5.41) is 1.95. The van der Waals surface area contributed by atoms with Crippen molar-refractivity contribution < 1.29 is 18.0 Å². The highest BCUT2D eigenvalue weighted by molar-refractivity contribution is 7.10. The van der Waals surface area contributed by atoms with Crippen LogP contribution in [0.4, 0.5) is 13.2 Å². The Hall–Kier alpha value is -3.32. The number of amides is 1. The largest absolute Gasteiger partial charge is 0.416 e. The van der Waals surface area contributed by atoms with Crippen LogP contribution in [-0.2, 0) is 37.0 Å². The molecule has 3 nitrogen and oxygen atoms in total. The van der Waals surface area contributed by atoms with E-state index in [2.05, 4.69) is 0 Å². The first kappa shape index (κ1) is 22.9. The summed E-state index contributed by atoms with van der Waals surface area (Å²) in [6.07, 6.45) is -2.23. The molecule has 4 rings (SSSR count). The molecule has 0 N–H and O–H groups in total. The first-order valence-corrected chi connectivity index (χ1v) is 11.4. The monoisotopic (exact) mass is 468 g/mol. The molecule has 0 aliphatic carbocycles. The van der Waals surface area contributed by atoms with E-state index in [0.29, 0.717) is 31.6 Å². The van der Waals surface area contributed by atoms with Gasteiger partial charge in [-0.05, 0) is 46.8 Å². The van der Waals surface area contributed by atoms with Crippen LogP contribution in [-0.4, -0.2) is 15.4 Å². The van der Waals surface area contributed by atoms with E-state index in [1.807, 2.05) is 70.7 Å². The van der Waals surface area contributed by atoms with Gasteiger partial charge in [-0.25, -0.2) is 0 Å². The lowest BCUT2D eigenvalue weighted by molar-refractivity contribution is -0.137. The fourth-order valence-electron chi connectivity index (χ4n) is 3.70. The van der Waals surface area contributed by atoms with Crippen LogP contribution in [0, 0.1) is 0 Å². The molecule has 4 aromatic rings. The molecule has 0 fully saturated rings. The van der Waals surface area contributed by atoms with Crippen LogP contribution in [0.2, 0.25) is 0 Å². The molecule has 33 heavy (non-hydrogen) atoms. The first-order chi connectivity index (χ1) is 15.9. The van der Waals surface area contributed by atoms with Gasteiger partial charge in [0.05, 0.1) is 18.5 Å². The van der Waals surface area contributed by atoms with Crippen molar-refractivity contribution in [3.05, 3.63) is 118 Å². The van der Waals surface area contributed by atoms with Gasteiger partial charge >= 0.3 is 6.18 Å². The Morgan fingerprint density at radius 3 is 2.39 bits per heavy atom. The number of thiophene rings is 1. The van der Waals surface area contributed by atoms with E-state index in [4.69, 9.17) is 0 Å². The number of benzene rings is 2. The lowest BCUT2D eigenvalue weighted by Crippen LogP contribution is -2.32. The Kier molecular flexibility index (Phi) is 6.99. The van der Waals surface area contributed by atoms with Gasteiger partial charge in [-0.2, -0.15) is 13.2 Å². The highest BCUT2D eigenvalue weighted by Crippen LogP contribution is 2.29. The molecule has 0 aliphatic rings. The molecule has 0 unspecified atom stereocenters. The second-order valence-electron chi connectivity index (χ2n) is 7.82. The van der Waals surface area contributed by atoms with Gasteiger partial charge in [0.1, 0.15) is 0 Å². The van der Waals surface area contributed by atoms with Gasteiger partial charge in [-0.15, -0.1) is 11.3 Å². The topological polar surface area (TPSA) is 25.2 Å². The second-order valence-corrected chi connectivity index (χ2v) is 8.85. The predicted molar refractivity (Wildman–Crippen MR) is 124 cm³/mol. The fraction of sp³-hybridized carbons (Fsp3) is 0.192. The Morgan fingerprint density at radius 2 is 1.67 bits per heavy atom. The fourth-order valence-corrected chi connectivity index (χ4v) is 4.39. The summed E-state index contributed by atoms with van der Waals surface area (Å²) in [6.45, 7) is 1.12. The number of carbonyl (C=O) groups is 1. The summed E-state index contributed by atoms with van der Waals surface area (Å²) in [6, 6.07) is 22.8. The number of nitrogens with zero attached hydrogens (tertiary/aromatic N) is 2. The van der Waals surface area contributed by atoms with E-state index >= 15 is 0 Å². The summed E-state index contributed by atoms with van der Waals surface area (Å²) in [7, 11) is 0. The zero-order valence-corrected chi connectivity index (χ0v) is 18.6. The lowest BCUT2D eigenvalue weighted by Gasteiger charge is -2.24. The maximum absolute atomic E-state index is 13.2. The van der Waals surface area contributed by atoms with Crippen LogP contribution >= 0.6 is 11.3 Å². The van der Waals surface area contributed by atoms with Crippen molar-refractivity contribution in [3.8, 4) is 0 Å². The maximum Gasteiger partial charge on any atom is 0.416 e. The van der Waals surface area contributed by atoms with Crippen LogP contribution in [0.15, 0.2) is 90.4 Å². The highest BCUT2D eigenvalue weighted by Gasteiger charge is 2.30. The van der Waals surface area contributed by atoms with Gasteiger partial charge in [0.2, 0.25) is 5.91 Å². The van der Waals surface area contributed by atoms with E-state index in [0.717, 1.165) is 22.2 Å². The normalized spacial score (nSPS) is 11.5. The third-order valence-corrected chi connectivity index (χ3v) is 6.23. The SMILES string of the molecule is O=C(Cc1cccs1)N(Cc1ccccc1)Cc1cccn1Cc1cccc(C(F)(F)F)c1. The molecule has 0 spiro atoms. The lowest BCUT2D eigenvalue weighted by atomic mass is 10.1. The summed E-state index contributed by atoms with van der Waals surface area (Å²) < 4.78 is 41.2. The van der Waals surface area contributed by atoms with Crippen LogP contribution < -0.4 is 0 Å². The average Bonchev–Trinajstić information content (AvgIpc) is 3.46.